The van der Waals surface area contributed by atoms with Gasteiger partial charge in [0.15, 0.2) is 0 Å². The quantitative estimate of drug-likeness (QED) is 0.547. The standard InChI is InChI=1S/C15H23NO3/c1-6-8-15(14(18)19-7-2)9-12(5)13(17)16(15)10-11(3)4/h6,12H,1,3,7-10H2,2,4-5H3/t12-,15-/m0/s1. The fraction of sp³-hybridized carbons (Fsp3) is 0.600. The van der Waals surface area contributed by atoms with Crippen molar-refractivity contribution >= 4 is 11.9 Å². The molecule has 0 aromatic carbocycles. The van der Waals surface area contributed by atoms with Crippen molar-refractivity contribution in [2.75, 3.05) is 13.2 Å². The Kier molecular flexibility index (Phi) is 4.92. The van der Waals surface area contributed by atoms with E-state index in [0.717, 1.165) is 5.57 Å². The molecule has 0 N–H and O–H groups in total. The van der Waals surface area contributed by atoms with E-state index in [2.05, 4.69) is 13.2 Å². The number of amides is 1. The fourth-order valence-corrected chi connectivity index (χ4v) is 2.65. The smallest absolute Gasteiger partial charge is 0.332 e. The summed E-state index contributed by atoms with van der Waals surface area (Å²) in [6.45, 7) is 13.7. The Hall–Kier alpha value is -1.58. The third-order valence-corrected chi connectivity index (χ3v) is 3.41. The minimum absolute atomic E-state index is 0.0158. The van der Waals surface area contributed by atoms with Gasteiger partial charge in [0.1, 0.15) is 5.54 Å². The molecule has 1 fully saturated rings. The summed E-state index contributed by atoms with van der Waals surface area (Å²) in [5, 5.41) is 0. The van der Waals surface area contributed by atoms with Crippen molar-refractivity contribution in [2.24, 2.45) is 5.92 Å². The third kappa shape index (κ3) is 2.88. The Morgan fingerprint density at radius 2 is 2.26 bits per heavy atom. The summed E-state index contributed by atoms with van der Waals surface area (Å²) in [4.78, 5) is 26.2. The van der Waals surface area contributed by atoms with E-state index in [1.54, 1.807) is 17.9 Å². The lowest BCUT2D eigenvalue weighted by Crippen LogP contribution is -2.53. The summed E-state index contributed by atoms with van der Waals surface area (Å²) in [5.41, 5.74) is -0.0621. The second-order valence-electron chi connectivity index (χ2n) is 5.23. The number of esters is 1. The van der Waals surface area contributed by atoms with Gasteiger partial charge in [-0.25, -0.2) is 4.79 Å². The zero-order valence-corrected chi connectivity index (χ0v) is 12.1. The van der Waals surface area contributed by atoms with Gasteiger partial charge < -0.3 is 9.64 Å². The number of carbonyl (C=O) groups is 2. The number of hydrogen-bond acceptors (Lipinski definition) is 3. The van der Waals surface area contributed by atoms with Gasteiger partial charge in [0.2, 0.25) is 5.91 Å². The van der Waals surface area contributed by atoms with E-state index in [1.165, 1.54) is 0 Å². The maximum absolute atomic E-state index is 12.3. The highest BCUT2D eigenvalue weighted by atomic mass is 16.5. The fourth-order valence-electron chi connectivity index (χ4n) is 2.65. The number of hydrogen-bond donors (Lipinski definition) is 0. The summed E-state index contributed by atoms with van der Waals surface area (Å²) >= 11 is 0. The predicted molar refractivity (Wildman–Crippen MR) is 74.5 cm³/mol. The van der Waals surface area contributed by atoms with E-state index in [1.807, 2.05) is 13.8 Å². The summed E-state index contributed by atoms with van der Waals surface area (Å²) in [5.74, 6) is -0.532. The molecule has 1 amide bonds. The summed E-state index contributed by atoms with van der Waals surface area (Å²) in [7, 11) is 0. The molecule has 0 aliphatic carbocycles. The maximum Gasteiger partial charge on any atom is 0.332 e. The van der Waals surface area contributed by atoms with Crippen molar-refractivity contribution in [3.05, 3.63) is 24.8 Å². The number of likely N-dealkylation sites (tertiary alicyclic amines) is 1. The van der Waals surface area contributed by atoms with Crippen LogP contribution in [0, 0.1) is 5.92 Å². The first-order chi connectivity index (χ1) is 8.89. The first-order valence-corrected chi connectivity index (χ1v) is 6.63. The van der Waals surface area contributed by atoms with E-state index in [9.17, 15) is 9.59 Å². The predicted octanol–water partition coefficient (Wildman–Crippen LogP) is 2.31. The summed E-state index contributed by atoms with van der Waals surface area (Å²) < 4.78 is 5.18. The van der Waals surface area contributed by atoms with Crippen LogP contribution in [-0.4, -0.2) is 35.5 Å². The Balaban J connectivity index is 3.17. The monoisotopic (exact) mass is 265 g/mol. The number of carbonyl (C=O) groups excluding carboxylic acids is 2. The van der Waals surface area contributed by atoms with Gasteiger partial charge in [-0.2, -0.15) is 0 Å². The molecule has 106 valence electrons. The molecule has 0 unspecified atom stereocenters. The van der Waals surface area contributed by atoms with Crippen molar-refractivity contribution in [1.82, 2.24) is 4.90 Å². The second-order valence-corrected chi connectivity index (χ2v) is 5.23. The lowest BCUT2D eigenvalue weighted by atomic mass is 9.89. The number of rotatable bonds is 6. The van der Waals surface area contributed by atoms with E-state index >= 15 is 0 Å². The van der Waals surface area contributed by atoms with Crippen molar-refractivity contribution in [2.45, 2.75) is 39.2 Å². The SMILES string of the molecule is C=CC[C@@]1(C(=O)OCC)C[C@H](C)C(=O)N1CC(=C)C. The summed E-state index contributed by atoms with van der Waals surface area (Å²) in [6.07, 6.45) is 2.56. The largest absolute Gasteiger partial charge is 0.464 e. The van der Waals surface area contributed by atoms with Crippen LogP contribution in [0.5, 0.6) is 0 Å². The minimum atomic E-state index is -0.910. The molecule has 4 heteroatoms. The molecule has 1 rings (SSSR count). The van der Waals surface area contributed by atoms with Gasteiger partial charge in [0.05, 0.1) is 6.61 Å². The molecule has 0 aromatic rings. The second kappa shape index (κ2) is 6.04. The molecule has 0 bridgehead atoms. The van der Waals surface area contributed by atoms with Crippen LogP contribution in [0.3, 0.4) is 0 Å². The van der Waals surface area contributed by atoms with Gasteiger partial charge >= 0.3 is 5.97 Å². The van der Waals surface area contributed by atoms with Crippen molar-refractivity contribution in [3.63, 3.8) is 0 Å². The Labute approximate surface area is 115 Å². The van der Waals surface area contributed by atoms with Crippen LogP contribution >= 0.6 is 0 Å². The first-order valence-electron chi connectivity index (χ1n) is 6.63. The molecule has 0 spiro atoms. The molecule has 1 saturated heterocycles. The summed E-state index contributed by atoms with van der Waals surface area (Å²) in [6, 6.07) is 0. The van der Waals surface area contributed by atoms with E-state index in [-0.39, 0.29) is 17.8 Å². The topological polar surface area (TPSA) is 46.6 Å². The van der Waals surface area contributed by atoms with Crippen molar-refractivity contribution in [3.8, 4) is 0 Å². The average Bonchev–Trinajstić information content (AvgIpc) is 2.55. The highest BCUT2D eigenvalue weighted by Crippen LogP contribution is 2.38. The van der Waals surface area contributed by atoms with Gasteiger partial charge in [-0.15, -0.1) is 6.58 Å². The molecule has 0 saturated carbocycles. The molecular formula is C15H23NO3. The molecule has 1 aliphatic rings. The number of ether oxygens (including phenoxy) is 1. The van der Waals surface area contributed by atoms with Gasteiger partial charge in [0, 0.05) is 12.5 Å². The van der Waals surface area contributed by atoms with E-state index < -0.39 is 5.54 Å². The number of nitrogens with zero attached hydrogens (tertiary/aromatic N) is 1. The van der Waals surface area contributed by atoms with Crippen LogP contribution in [-0.2, 0) is 14.3 Å². The minimum Gasteiger partial charge on any atom is -0.464 e. The zero-order chi connectivity index (χ0) is 14.6. The first kappa shape index (κ1) is 15.5. The van der Waals surface area contributed by atoms with Gasteiger partial charge in [-0.05, 0) is 26.7 Å². The Morgan fingerprint density at radius 3 is 2.74 bits per heavy atom. The highest BCUT2D eigenvalue weighted by molar-refractivity contribution is 5.93. The van der Waals surface area contributed by atoms with Crippen LogP contribution in [0.15, 0.2) is 24.8 Å². The van der Waals surface area contributed by atoms with E-state index in [0.29, 0.717) is 26.0 Å². The van der Waals surface area contributed by atoms with Crippen LogP contribution in [0.1, 0.15) is 33.6 Å². The van der Waals surface area contributed by atoms with E-state index in [4.69, 9.17) is 4.74 Å². The molecule has 0 radical (unpaired) electrons. The average molecular weight is 265 g/mol. The highest BCUT2D eigenvalue weighted by Gasteiger charge is 2.54. The molecular weight excluding hydrogens is 242 g/mol. The van der Waals surface area contributed by atoms with Gasteiger partial charge in [-0.3, -0.25) is 4.79 Å². The molecule has 1 heterocycles. The zero-order valence-electron chi connectivity index (χ0n) is 12.1. The van der Waals surface area contributed by atoms with Crippen LogP contribution < -0.4 is 0 Å². The third-order valence-electron chi connectivity index (χ3n) is 3.41. The lowest BCUT2D eigenvalue weighted by Gasteiger charge is -2.35. The normalized spacial score (nSPS) is 26.4. The molecule has 0 aromatic heterocycles. The van der Waals surface area contributed by atoms with Crippen molar-refractivity contribution in [1.29, 1.82) is 0 Å². The van der Waals surface area contributed by atoms with Gasteiger partial charge in [0.25, 0.3) is 0 Å². The molecule has 1 aliphatic heterocycles. The Bertz CT molecular complexity index is 402. The van der Waals surface area contributed by atoms with Crippen LogP contribution in [0.2, 0.25) is 0 Å². The Morgan fingerprint density at radius 1 is 1.63 bits per heavy atom. The maximum atomic E-state index is 12.3. The van der Waals surface area contributed by atoms with Crippen molar-refractivity contribution < 1.29 is 14.3 Å². The van der Waals surface area contributed by atoms with Crippen LogP contribution in [0.4, 0.5) is 0 Å². The molecule has 19 heavy (non-hydrogen) atoms. The molecule has 4 nitrogen and oxygen atoms in total. The molecule has 2 atom stereocenters. The van der Waals surface area contributed by atoms with Crippen LogP contribution in [0.25, 0.3) is 0 Å². The lowest BCUT2D eigenvalue weighted by molar-refractivity contribution is -0.159. The van der Waals surface area contributed by atoms with Gasteiger partial charge in [-0.1, -0.05) is 25.2 Å².